The second-order valence-corrected chi connectivity index (χ2v) is 4.92. The van der Waals surface area contributed by atoms with Gasteiger partial charge in [0.05, 0.1) is 0 Å². The van der Waals surface area contributed by atoms with Gasteiger partial charge in [0, 0.05) is 36.6 Å². The molecule has 0 radical (unpaired) electrons. The zero-order valence-corrected chi connectivity index (χ0v) is 12.5. The first kappa shape index (κ1) is 14.4. The molecule has 0 bridgehead atoms. The number of aryl methyl sites for hydroxylation is 1. The smallest absolute Gasteiger partial charge is 0.0455 e. The Kier molecular flexibility index (Phi) is 5.03. The van der Waals surface area contributed by atoms with E-state index in [-0.39, 0.29) is 0 Å². The second kappa shape index (κ2) is 6.98. The Hall–Kier alpha value is -1.98. The van der Waals surface area contributed by atoms with E-state index in [0.29, 0.717) is 0 Å². The van der Waals surface area contributed by atoms with Gasteiger partial charge < -0.3 is 9.88 Å². The predicted molar refractivity (Wildman–Crippen MR) is 85.0 cm³/mol. The number of benzene rings is 1. The van der Waals surface area contributed by atoms with Crippen LogP contribution in [0.15, 0.2) is 36.4 Å². The maximum atomic E-state index is 3.45. The third kappa shape index (κ3) is 3.31. The molecular formula is C18H22N2. The molecule has 2 rings (SSSR count). The molecule has 0 atom stereocenters. The van der Waals surface area contributed by atoms with Gasteiger partial charge in [-0.15, -0.1) is 11.8 Å². The van der Waals surface area contributed by atoms with Crippen molar-refractivity contribution in [1.82, 2.24) is 9.88 Å². The Morgan fingerprint density at radius 1 is 1.15 bits per heavy atom. The van der Waals surface area contributed by atoms with Crippen LogP contribution < -0.4 is 5.32 Å². The van der Waals surface area contributed by atoms with Crippen LogP contribution in [0.2, 0.25) is 0 Å². The highest BCUT2D eigenvalue weighted by molar-refractivity contribution is 5.40. The van der Waals surface area contributed by atoms with E-state index in [1.54, 1.807) is 0 Å². The van der Waals surface area contributed by atoms with E-state index in [4.69, 9.17) is 0 Å². The van der Waals surface area contributed by atoms with E-state index in [1.807, 2.05) is 6.92 Å². The van der Waals surface area contributed by atoms with Crippen LogP contribution in [-0.4, -0.2) is 11.1 Å². The summed E-state index contributed by atoms with van der Waals surface area (Å²) in [5.74, 6) is 5.99. The summed E-state index contributed by atoms with van der Waals surface area (Å²) < 4.78 is 2.31. The predicted octanol–water partition coefficient (Wildman–Crippen LogP) is 3.60. The molecule has 0 fully saturated rings. The molecule has 0 spiro atoms. The molecule has 0 aliphatic heterocycles. The molecule has 1 aromatic heterocycles. The van der Waals surface area contributed by atoms with Gasteiger partial charge in [-0.3, -0.25) is 0 Å². The van der Waals surface area contributed by atoms with Crippen LogP contribution in [-0.2, 0) is 6.54 Å². The fourth-order valence-corrected chi connectivity index (χ4v) is 2.48. The van der Waals surface area contributed by atoms with Crippen LogP contribution in [0.3, 0.4) is 0 Å². The number of nitrogens with one attached hydrogen (secondary N) is 1. The summed E-state index contributed by atoms with van der Waals surface area (Å²) in [6, 6.07) is 12.8. The van der Waals surface area contributed by atoms with Crippen molar-refractivity contribution in [2.24, 2.45) is 0 Å². The molecule has 20 heavy (non-hydrogen) atoms. The van der Waals surface area contributed by atoms with Crippen molar-refractivity contribution < 1.29 is 0 Å². The molecule has 0 unspecified atom stereocenters. The van der Waals surface area contributed by atoms with Gasteiger partial charge in [-0.1, -0.05) is 18.2 Å². The Labute approximate surface area is 121 Å². The quantitative estimate of drug-likeness (QED) is 0.646. The van der Waals surface area contributed by atoms with Gasteiger partial charge in [-0.2, -0.15) is 0 Å². The maximum absolute atomic E-state index is 3.45. The summed E-state index contributed by atoms with van der Waals surface area (Å²) in [5.41, 5.74) is 5.17. The number of rotatable bonds is 5. The van der Waals surface area contributed by atoms with Gasteiger partial charge in [-0.05, 0) is 44.5 Å². The SMILES string of the molecule is CC#CCCNCc1cc(C)n(-c2ccccc2)c1C. The minimum absolute atomic E-state index is 0.901. The standard InChI is InChI=1S/C18H22N2/c1-4-5-9-12-19-14-17-13-15(2)20(16(17)3)18-10-7-6-8-11-18/h6-8,10-11,13,19H,9,12,14H2,1-3H3. The zero-order valence-electron chi connectivity index (χ0n) is 12.5. The summed E-state index contributed by atoms with van der Waals surface area (Å²) >= 11 is 0. The van der Waals surface area contributed by atoms with E-state index in [2.05, 4.69) is 72.0 Å². The number of hydrogen-bond donors (Lipinski definition) is 1. The molecule has 2 aromatic rings. The monoisotopic (exact) mass is 266 g/mol. The van der Waals surface area contributed by atoms with E-state index in [9.17, 15) is 0 Å². The van der Waals surface area contributed by atoms with Gasteiger partial charge in [0.25, 0.3) is 0 Å². The molecule has 104 valence electrons. The van der Waals surface area contributed by atoms with E-state index in [0.717, 1.165) is 19.5 Å². The van der Waals surface area contributed by atoms with Crippen molar-refractivity contribution in [2.45, 2.75) is 33.7 Å². The van der Waals surface area contributed by atoms with Crippen LogP contribution in [0.5, 0.6) is 0 Å². The topological polar surface area (TPSA) is 17.0 Å². The van der Waals surface area contributed by atoms with Gasteiger partial charge in [0.15, 0.2) is 0 Å². The lowest BCUT2D eigenvalue weighted by molar-refractivity contribution is 0.697. The Bertz CT molecular complexity index is 612. The largest absolute Gasteiger partial charge is 0.318 e. The van der Waals surface area contributed by atoms with Crippen molar-refractivity contribution in [2.75, 3.05) is 6.54 Å². The third-order valence-corrected chi connectivity index (χ3v) is 3.47. The summed E-state index contributed by atoms with van der Waals surface area (Å²) in [6.07, 6.45) is 0.911. The van der Waals surface area contributed by atoms with Crippen molar-refractivity contribution >= 4 is 0 Å². The molecule has 2 heteroatoms. The normalized spacial score (nSPS) is 10.2. The van der Waals surface area contributed by atoms with E-state index in [1.165, 1.54) is 22.6 Å². The van der Waals surface area contributed by atoms with Gasteiger partial charge in [-0.25, -0.2) is 0 Å². The van der Waals surface area contributed by atoms with Crippen molar-refractivity contribution in [3.8, 4) is 17.5 Å². The van der Waals surface area contributed by atoms with Gasteiger partial charge >= 0.3 is 0 Å². The Morgan fingerprint density at radius 2 is 1.90 bits per heavy atom. The molecule has 1 aromatic carbocycles. The maximum Gasteiger partial charge on any atom is 0.0455 e. The van der Waals surface area contributed by atoms with Crippen LogP contribution in [0.4, 0.5) is 0 Å². The van der Waals surface area contributed by atoms with Gasteiger partial charge in [0.1, 0.15) is 0 Å². The molecule has 0 amide bonds. The zero-order chi connectivity index (χ0) is 14.4. The molecule has 2 nitrogen and oxygen atoms in total. The average molecular weight is 266 g/mol. The Balaban J connectivity index is 2.10. The Morgan fingerprint density at radius 3 is 2.60 bits per heavy atom. The summed E-state index contributed by atoms with van der Waals surface area (Å²) in [5, 5.41) is 3.45. The highest BCUT2D eigenvalue weighted by atomic mass is 15.0. The van der Waals surface area contributed by atoms with E-state index < -0.39 is 0 Å². The fourth-order valence-electron chi connectivity index (χ4n) is 2.48. The second-order valence-electron chi connectivity index (χ2n) is 4.92. The van der Waals surface area contributed by atoms with Crippen molar-refractivity contribution in [3.63, 3.8) is 0 Å². The molecule has 1 N–H and O–H groups in total. The molecule has 0 aliphatic rings. The van der Waals surface area contributed by atoms with Crippen molar-refractivity contribution in [1.29, 1.82) is 0 Å². The first-order valence-corrected chi connectivity index (χ1v) is 7.07. The minimum atomic E-state index is 0.901. The van der Waals surface area contributed by atoms with Crippen LogP contribution >= 0.6 is 0 Å². The molecule has 0 aliphatic carbocycles. The van der Waals surface area contributed by atoms with Crippen LogP contribution in [0.1, 0.15) is 30.3 Å². The number of para-hydroxylation sites is 1. The number of nitrogens with zero attached hydrogens (tertiary/aromatic N) is 1. The van der Waals surface area contributed by atoms with Gasteiger partial charge in [0.2, 0.25) is 0 Å². The summed E-state index contributed by atoms with van der Waals surface area (Å²) in [4.78, 5) is 0. The average Bonchev–Trinajstić information content (AvgIpc) is 2.74. The number of hydrogen-bond acceptors (Lipinski definition) is 1. The van der Waals surface area contributed by atoms with Crippen LogP contribution in [0, 0.1) is 25.7 Å². The molecular weight excluding hydrogens is 244 g/mol. The first-order valence-electron chi connectivity index (χ1n) is 7.07. The number of aromatic nitrogens is 1. The summed E-state index contributed by atoms with van der Waals surface area (Å²) in [6.45, 7) is 8.07. The highest BCUT2D eigenvalue weighted by Crippen LogP contribution is 2.20. The van der Waals surface area contributed by atoms with Crippen LogP contribution in [0.25, 0.3) is 5.69 Å². The lowest BCUT2D eigenvalue weighted by Gasteiger charge is -2.10. The molecule has 1 heterocycles. The molecule has 0 saturated heterocycles. The highest BCUT2D eigenvalue weighted by Gasteiger charge is 2.09. The first-order chi connectivity index (χ1) is 9.74. The molecule has 0 saturated carbocycles. The lowest BCUT2D eigenvalue weighted by Crippen LogP contribution is -2.14. The third-order valence-electron chi connectivity index (χ3n) is 3.47. The van der Waals surface area contributed by atoms with E-state index >= 15 is 0 Å². The summed E-state index contributed by atoms with van der Waals surface area (Å²) in [7, 11) is 0. The minimum Gasteiger partial charge on any atom is -0.318 e. The fraction of sp³-hybridized carbons (Fsp3) is 0.333. The van der Waals surface area contributed by atoms with Crippen molar-refractivity contribution in [3.05, 3.63) is 53.3 Å². The lowest BCUT2D eigenvalue weighted by atomic mass is 10.2.